The Morgan fingerprint density at radius 1 is 1.30 bits per heavy atom. The molecule has 4 heterocycles. The highest BCUT2D eigenvalue weighted by Crippen LogP contribution is 2.23. The third-order valence-electron chi connectivity index (χ3n) is 5.48. The van der Waals surface area contributed by atoms with Gasteiger partial charge in [0.25, 0.3) is 0 Å². The first-order valence-electron chi connectivity index (χ1n) is 9.75. The van der Waals surface area contributed by atoms with Gasteiger partial charge in [-0.1, -0.05) is 5.16 Å². The Labute approximate surface area is 159 Å². The van der Waals surface area contributed by atoms with Gasteiger partial charge in [-0.3, -0.25) is 14.7 Å². The second-order valence-electron chi connectivity index (χ2n) is 7.32. The summed E-state index contributed by atoms with van der Waals surface area (Å²) in [5.41, 5.74) is 1.63. The summed E-state index contributed by atoms with van der Waals surface area (Å²) in [4.78, 5) is 19.2. The predicted molar refractivity (Wildman–Crippen MR) is 99.7 cm³/mol. The fraction of sp³-hybridized carbons (Fsp3) is 0.550. The van der Waals surface area contributed by atoms with Crippen molar-refractivity contribution in [3.8, 4) is 11.3 Å². The van der Waals surface area contributed by atoms with Crippen LogP contribution in [0.4, 0.5) is 0 Å². The van der Waals surface area contributed by atoms with E-state index in [9.17, 15) is 4.79 Å². The molecule has 0 aromatic carbocycles. The van der Waals surface area contributed by atoms with E-state index in [4.69, 9.17) is 9.26 Å². The van der Waals surface area contributed by atoms with Gasteiger partial charge in [0.15, 0.2) is 5.76 Å². The molecule has 7 nitrogen and oxygen atoms in total. The number of nitrogens with zero attached hydrogens (tertiary/aromatic N) is 3. The second kappa shape index (κ2) is 8.63. The molecule has 1 amide bonds. The van der Waals surface area contributed by atoms with E-state index in [-0.39, 0.29) is 11.8 Å². The van der Waals surface area contributed by atoms with E-state index in [1.54, 1.807) is 12.4 Å². The lowest BCUT2D eigenvalue weighted by Gasteiger charge is -2.39. The van der Waals surface area contributed by atoms with Crippen LogP contribution in [0.2, 0.25) is 0 Å². The molecule has 0 radical (unpaired) electrons. The van der Waals surface area contributed by atoms with Crippen LogP contribution in [-0.4, -0.2) is 53.3 Å². The lowest BCUT2D eigenvalue weighted by atomic mass is 9.94. The van der Waals surface area contributed by atoms with Crippen molar-refractivity contribution in [3.05, 3.63) is 36.4 Å². The number of piperidine rings is 1. The lowest BCUT2D eigenvalue weighted by Crippen LogP contribution is -2.48. The van der Waals surface area contributed by atoms with Gasteiger partial charge in [0.05, 0.1) is 12.5 Å². The molecule has 1 N–H and O–H groups in total. The zero-order valence-electron chi connectivity index (χ0n) is 15.5. The van der Waals surface area contributed by atoms with E-state index in [0.717, 1.165) is 63.2 Å². The summed E-state index contributed by atoms with van der Waals surface area (Å²) in [5, 5.41) is 7.08. The van der Waals surface area contributed by atoms with Gasteiger partial charge in [-0.05, 0) is 44.4 Å². The molecule has 0 unspecified atom stereocenters. The molecule has 0 saturated carbocycles. The Kier molecular flexibility index (Phi) is 5.79. The normalized spacial score (nSPS) is 21.9. The maximum Gasteiger partial charge on any atom is 0.224 e. The van der Waals surface area contributed by atoms with Gasteiger partial charge >= 0.3 is 0 Å². The summed E-state index contributed by atoms with van der Waals surface area (Å²) in [6, 6.07) is 6.21. The molecule has 1 atom stereocenters. The SMILES string of the molecule is O=C(NCc1cc(-c2cccnc2)no1)[C@H]1CCCN(C2CCOCC2)C1. The minimum atomic E-state index is 0.0438. The topological polar surface area (TPSA) is 80.5 Å². The third-order valence-corrected chi connectivity index (χ3v) is 5.48. The van der Waals surface area contributed by atoms with Crippen molar-refractivity contribution in [1.82, 2.24) is 20.4 Å². The zero-order valence-corrected chi connectivity index (χ0v) is 15.5. The number of likely N-dealkylation sites (tertiary alicyclic amines) is 1. The van der Waals surface area contributed by atoms with Crippen molar-refractivity contribution in [2.45, 2.75) is 38.3 Å². The monoisotopic (exact) mass is 370 g/mol. The van der Waals surface area contributed by atoms with Crippen molar-refractivity contribution in [2.75, 3.05) is 26.3 Å². The maximum absolute atomic E-state index is 12.6. The number of aromatic nitrogens is 2. The molecule has 2 aliphatic heterocycles. The number of carbonyl (C=O) groups is 1. The summed E-state index contributed by atoms with van der Waals surface area (Å²) in [6.45, 7) is 3.96. The van der Waals surface area contributed by atoms with Gasteiger partial charge in [0.1, 0.15) is 5.69 Å². The Balaban J connectivity index is 1.29. The van der Waals surface area contributed by atoms with Crippen molar-refractivity contribution >= 4 is 5.91 Å². The van der Waals surface area contributed by atoms with E-state index in [1.165, 1.54) is 0 Å². The van der Waals surface area contributed by atoms with Crippen LogP contribution in [0, 0.1) is 5.92 Å². The van der Waals surface area contributed by atoms with E-state index < -0.39 is 0 Å². The zero-order chi connectivity index (χ0) is 18.5. The van der Waals surface area contributed by atoms with Gasteiger partial charge in [-0.2, -0.15) is 0 Å². The lowest BCUT2D eigenvalue weighted by molar-refractivity contribution is -0.127. The second-order valence-corrected chi connectivity index (χ2v) is 7.32. The summed E-state index contributed by atoms with van der Waals surface area (Å²) in [5.74, 6) is 0.799. The number of pyridine rings is 1. The standard InChI is InChI=1S/C20H26N4O3/c25-20(16-4-2-8-24(14-16)17-5-9-26-10-6-17)22-13-18-11-19(23-27-18)15-3-1-7-21-12-15/h1,3,7,11-12,16-17H,2,4-6,8-10,13-14H2,(H,22,25)/t16-/m0/s1. The molecule has 2 aromatic rings. The first kappa shape index (κ1) is 18.1. The molecule has 0 aliphatic carbocycles. The van der Waals surface area contributed by atoms with E-state index >= 15 is 0 Å². The largest absolute Gasteiger partial charge is 0.381 e. The summed E-state index contributed by atoms with van der Waals surface area (Å²) in [7, 11) is 0. The number of nitrogens with one attached hydrogen (secondary N) is 1. The number of hydrogen-bond acceptors (Lipinski definition) is 6. The molecule has 0 spiro atoms. The molecular formula is C20H26N4O3. The number of rotatable bonds is 5. The Bertz CT molecular complexity index is 743. The molecule has 144 valence electrons. The Morgan fingerprint density at radius 3 is 3.00 bits per heavy atom. The van der Waals surface area contributed by atoms with Gasteiger partial charge < -0.3 is 14.6 Å². The van der Waals surface area contributed by atoms with Crippen molar-refractivity contribution in [3.63, 3.8) is 0 Å². The first-order valence-corrected chi connectivity index (χ1v) is 9.75. The van der Waals surface area contributed by atoms with Crippen LogP contribution >= 0.6 is 0 Å². The molecule has 2 saturated heterocycles. The summed E-state index contributed by atoms with van der Waals surface area (Å²) < 4.78 is 10.8. The highest BCUT2D eigenvalue weighted by molar-refractivity contribution is 5.79. The van der Waals surface area contributed by atoms with Crippen LogP contribution in [0.5, 0.6) is 0 Å². The number of ether oxygens (including phenoxy) is 1. The smallest absolute Gasteiger partial charge is 0.224 e. The van der Waals surface area contributed by atoms with Crippen LogP contribution in [0.15, 0.2) is 35.1 Å². The van der Waals surface area contributed by atoms with E-state index in [2.05, 4.69) is 20.4 Å². The van der Waals surface area contributed by atoms with Crippen LogP contribution in [-0.2, 0) is 16.1 Å². The van der Waals surface area contributed by atoms with Crippen LogP contribution in [0.1, 0.15) is 31.4 Å². The molecule has 7 heteroatoms. The molecule has 2 aliphatic rings. The highest BCUT2D eigenvalue weighted by Gasteiger charge is 2.30. The molecule has 27 heavy (non-hydrogen) atoms. The van der Waals surface area contributed by atoms with Gasteiger partial charge in [-0.15, -0.1) is 0 Å². The number of amides is 1. The quantitative estimate of drug-likeness (QED) is 0.869. The number of hydrogen-bond donors (Lipinski definition) is 1. The maximum atomic E-state index is 12.6. The van der Waals surface area contributed by atoms with Gasteiger partial charge in [0, 0.05) is 49.8 Å². The van der Waals surface area contributed by atoms with Crippen LogP contribution in [0.3, 0.4) is 0 Å². The van der Waals surface area contributed by atoms with Gasteiger partial charge in [0.2, 0.25) is 5.91 Å². The average molecular weight is 370 g/mol. The predicted octanol–water partition coefficient (Wildman–Crippen LogP) is 2.24. The minimum Gasteiger partial charge on any atom is -0.381 e. The third kappa shape index (κ3) is 4.54. The van der Waals surface area contributed by atoms with Crippen molar-refractivity contribution in [1.29, 1.82) is 0 Å². The molecule has 2 aromatic heterocycles. The Morgan fingerprint density at radius 2 is 2.19 bits per heavy atom. The number of carbonyl (C=O) groups excluding carboxylic acids is 1. The highest BCUT2D eigenvalue weighted by atomic mass is 16.5. The average Bonchev–Trinajstić information content (AvgIpc) is 3.22. The summed E-state index contributed by atoms with van der Waals surface area (Å²) >= 11 is 0. The van der Waals surface area contributed by atoms with Crippen LogP contribution < -0.4 is 5.32 Å². The first-order chi connectivity index (χ1) is 13.3. The van der Waals surface area contributed by atoms with E-state index in [0.29, 0.717) is 18.3 Å². The fourth-order valence-corrected chi connectivity index (χ4v) is 3.97. The van der Waals surface area contributed by atoms with Gasteiger partial charge in [-0.25, -0.2) is 0 Å². The summed E-state index contributed by atoms with van der Waals surface area (Å²) in [6.07, 6.45) is 7.63. The van der Waals surface area contributed by atoms with Crippen molar-refractivity contribution < 1.29 is 14.1 Å². The minimum absolute atomic E-state index is 0.0438. The molecule has 0 bridgehead atoms. The van der Waals surface area contributed by atoms with E-state index in [1.807, 2.05) is 18.2 Å². The Hall–Kier alpha value is -2.25. The molecule has 4 rings (SSSR count). The van der Waals surface area contributed by atoms with Crippen molar-refractivity contribution in [2.24, 2.45) is 5.92 Å². The fourth-order valence-electron chi connectivity index (χ4n) is 3.97. The molecular weight excluding hydrogens is 344 g/mol. The molecule has 2 fully saturated rings. The van der Waals surface area contributed by atoms with Crippen LogP contribution in [0.25, 0.3) is 11.3 Å².